The van der Waals surface area contributed by atoms with Gasteiger partial charge in [-0.3, -0.25) is 4.79 Å². The van der Waals surface area contributed by atoms with Gasteiger partial charge in [0.05, 0.1) is 0 Å². The summed E-state index contributed by atoms with van der Waals surface area (Å²) in [5, 5.41) is 0. The van der Waals surface area contributed by atoms with Gasteiger partial charge in [0, 0.05) is 5.56 Å². The van der Waals surface area contributed by atoms with Crippen LogP contribution in [0.25, 0.3) is 0 Å². The van der Waals surface area contributed by atoms with Crippen LogP contribution in [0.2, 0.25) is 0 Å². The third-order valence-corrected chi connectivity index (χ3v) is 3.10. The van der Waals surface area contributed by atoms with E-state index in [2.05, 4.69) is 13.8 Å². The van der Waals surface area contributed by atoms with Crippen molar-refractivity contribution in [3.8, 4) is 11.5 Å². The Morgan fingerprint density at radius 3 is 2.45 bits per heavy atom. The third kappa shape index (κ3) is 3.05. The van der Waals surface area contributed by atoms with E-state index in [1.807, 2.05) is 25.1 Å². The zero-order valence-corrected chi connectivity index (χ0v) is 11.8. The first-order valence-electron chi connectivity index (χ1n) is 6.54. The standard InChI is InChI=1S/C17H17FO2/c1-11(2)14-6-4-12(3)8-17(14)20-16-7-5-13(10-19)9-15(16)18/h4-11H,1-3H3. The van der Waals surface area contributed by atoms with Crippen molar-refractivity contribution in [3.63, 3.8) is 0 Å². The summed E-state index contributed by atoms with van der Waals surface area (Å²) >= 11 is 0. The molecule has 0 aromatic heterocycles. The van der Waals surface area contributed by atoms with Crippen molar-refractivity contribution in [1.82, 2.24) is 0 Å². The predicted octanol–water partition coefficient (Wildman–Crippen LogP) is 4.86. The zero-order valence-electron chi connectivity index (χ0n) is 11.8. The van der Waals surface area contributed by atoms with E-state index in [0.717, 1.165) is 11.1 Å². The first-order valence-corrected chi connectivity index (χ1v) is 6.54. The molecular formula is C17H17FO2. The van der Waals surface area contributed by atoms with Crippen LogP contribution in [-0.4, -0.2) is 6.29 Å². The fourth-order valence-corrected chi connectivity index (χ4v) is 2.00. The van der Waals surface area contributed by atoms with Crippen molar-refractivity contribution < 1.29 is 13.9 Å². The van der Waals surface area contributed by atoms with Crippen LogP contribution >= 0.6 is 0 Å². The molecule has 2 aromatic rings. The summed E-state index contributed by atoms with van der Waals surface area (Å²) in [5.41, 5.74) is 2.37. The Hall–Kier alpha value is -2.16. The Bertz CT molecular complexity index is 633. The number of aryl methyl sites for hydroxylation is 1. The van der Waals surface area contributed by atoms with Crippen LogP contribution in [0.1, 0.15) is 41.3 Å². The Kier molecular flexibility index (Phi) is 4.18. The Morgan fingerprint density at radius 1 is 1.10 bits per heavy atom. The molecular weight excluding hydrogens is 255 g/mol. The second-order valence-electron chi connectivity index (χ2n) is 5.11. The summed E-state index contributed by atoms with van der Waals surface area (Å²) in [6, 6.07) is 10.1. The lowest BCUT2D eigenvalue weighted by atomic mass is 10.0. The highest BCUT2D eigenvalue weighted by atomic mass is 19.1. The lowest BCUT2D eigenvalue weighted by Crippen LogP contribution is -1.96. The van der Waals surface area contributed by atoms with Crippen molar-refractivity contribution in [2.75, 3.05) is 0 Å². The maximum Gasteiger partial charge on any atom is 0.166 e. The van der Waals surface area contributed by atoms with Gasteiger partial charge in [-0.25, -0.2) is 4.39 Å². The van der Waals surface area contributed by atoms with E-state index in [-0.39, 0.29) is 11.7 Å². The molecule has 0 saturated carbocycles. The number of carbonyl (C=O) groups excluding carboxylic acids is 1. The number of hydrogen-bond acceptors (Lipinski definition) is 2. The van der Waals surface area contributed by atoms with Crippen molar-refractivity contribution in [2.24, 2.45) is 0 Å². The summed E-state index contributed by atoms with van der Waals surface area (Å²) in [6.45, 7) is 6.08. The van der Waals surface area contributed by atoms with Gasteiger partial charge >= 0.3 is 0 Å². The Morgan fingerprint density at radius 2 is 1.85 bits per heavy atom. The summed E-state index contributed by atoms with van der Waals surface area (Å²) in [6.07, 6.45) is 0.610. The molecule has 104 valence electrons. The molecule has 0 N–H and O–H groups in total. The van der Waals surface area contributed by atoms with E-state index in [1.165, 1.54) is 18.2 Å². The molecule has 0 aliphatic rings. The molecule has 0 atom stereocenters. The number of rotatable bonds is 4. The summed E-state index contributed by atoms with van der Waals surface area (Å²) in [4.78, 5) is 10.6. The number of benzene rings is 2. The van der Waals surface area contributed by atoms with E-state index in [9.17, 15) is 9.18 Å². The van der Waals surface area contributed by atoms with E-state index in [1.54, 1.807) is 0 Å². The molecule has 3 heteroatoms. The lowest BCUT2D eigenvalue weighted by Gasteiger charge is -2.15. The van der Waals surface area contributed by atoms with Gasteiger partial charge in [0.15, 0.2) is 11.6 Å². The molecule has 0 saturated heterocycles. The van der Waals surface area contributed by atoms with E-state index in [4.69, 9.17) is 4.74 Å². The van der Waals surface area contributed by atoms with Crippen LogP contribution in [0.3, 0.4) is 0 Å². The summed E-state index contributed by atoms with van der Waals surface area (Å²) < 4.78 is 19.6. The monoisotopic (exact) mass is 272 g/mol. The molecule has 2 aromatic carbocycles. The summed E-state index contributed by atoms with van der Waals surface area (Å²) in [5.74, 6) is 0.523. The predicted molar refractivity (Wildman–Crippen MR) is 77.1 cm³/mol. The Labute approximate surface area is 118 Å². The molecule has 0 spiro atoms. The molecule has 0 unspecified atom stereocenters. The smallest absolute Gasteiger partial charge is 0.166 e. The van der Waals surface area contributed by atoms with Crippen LogP contribution in [0, 0.1) is 12.7 Å². The van der Waals surface area contributed by atoms with E-state index in [0.29, 0.717) is 17.6 Å². The highest BCUT2D eigenvalue weighted by molar-refractivity contribution is 5.75. The minimum atomic E-state index is -0.536. The van der Waals surface area contributed by atoms with Crippen molar-refractivity contribution in [3.05, 3.63) is 58.9 Å². The van der Waals surface area contributed by atoms with Gasteiger partial charge in [0.25, 0.3) is 0 Å². The van der Waals surface area contributed by atoms with Gasteiger partial charge in [-0.2, -0.15) is 0 Å². The molecule has 0 aliphatic carbocycles. The zero-order chi connectivity index (χ0) is 14.7. The fourth-order valence-electron chi connectivity index (χ4n) is 2.00. The first-order chi connectivity index (χ1) is 9.51. The average molecular weight is 272 g/mol. The molecule has 0 radical (unpaired) electrons. The van der Waals surface area contributed by atoms with Crippen molar-refractivity contribution >= 4 is 6.29 Å². The molecule has 0 bridgehead atoms. The number of aldehydes is 1. The second kappa shape index (κ2) is 5.87. The van der Waals surface area contributed by atoms with Gasteiger partial charge < -0.3 is 4.74 Å². The van der Waals surface area contributed by atoms with Crippen molar-refractivity contribution in [1.29, 1.82) is 0 Å². The van der Waals surface area contributed by atoms with Crippen LogP contribution in [0.4, 0.5) is 4.39 Å². The number of carbonyl (C=O) groups is 1. The first kappa shape index (κ1) is 14.3. The highest BCUT2D eigenvalue weighted by Crippen LogP contribution is 2.32. The fraction of sp³-hybridized carbons (Fsp3) is 0.235. The number of ether oxygens (including phenoxy) is 1. The van der Waals surface area contributed by atoms with Gasteiger partial charge in [-0.15, -0.1) is 0 Å². The molecule has 2 rings (SSSR count). The Balaban J connectivity index is 2.39. The normalized spacial score (nSPS) is 10.7. The van der Waals surface area contributed by atoms with Gasteiger partial charge in [-0.05, 0) is 48.2 Å². The topological polar surface area (TPSA) is 26.3 Å². The van der Waals surface area contributed by atoms with Gasteiger partial charge in [-0.1, -0.05) is 26.0 Å². The summed E-state index contributed by atoms with van der Waals surface area (Å²) in [7, 11) is 0. The quantitative estimate of drug-likeness (QED) is 0.743. The van der Waals surface area contributed by atoms with Crippen LogP contribution in [0.5, 0.6) is 11.5 Å². The third-order valence-electron chi connectivity index (χ3n) is 3.10. The highest BCUT2D eigenvalue weighted by Gasteiger charge is 2.12. The second-order valence-corrected chi connectivity index (χ2v) is 5.11. The molecule has 20 heavy (non-hydrogen) atoms. The SMILES string of the molecule is Cc1ccc(C(C)C)c(Oc2ccc(C=O)cc2F)c1. The minimum absolute atomic E-state index is 0.128. The lowest BCUT2D eigenvalue weighted by molar-refractivity contribution is 0.112. The van der Waals surface area contributed by atoms with Crippen LogP contribution in [0.15, 0.2) is 36.4 Å². The minimum Gasteiger partial charge on any atom is -0.454 e. The molecule has 0 heterocycles. The van der Waals surface area contributed by atoms with Crippen LogP contribution in [-0.2, 0) is 0 Å². The largest absolute Gasteiger partial charge is 0.454 e. The molecule has 2 nitrogen and oxygen atoms in total. The van der Waals surface area contributed by atoms with E-state index < -0.39 is 5.82 Å². The average Bonchev–Trinajstić information content (AvgIpc) is 2.40. The maximum absolute atomic E-state index is 13.9. The van der Waals surface area contributed by atoms with E-state index >= 15 is 0 Å². The van der Waals surface area contributed by atoms with Crippen LogP contribution < -0.4 is 4.74 Å². The van der Waals surface area contributed by atoms with Gasteiger partial charge in [0.1, 0.15) is 12.0 Å². The number of halogens is 1. The molecule has 0 amide bonds. The molecule has 0 fully saturated rings. The van der Waals surface area contributed by atoms with Gasteiger partial charge in [0.2, 0.25) is 0 Å². The molecule has 0 aliphatic heterocycles. The van der Waals surface area contributed by atoms with Crippen molar-refractivity contribution in [2.45, 2.75) is 26.7 Å². The maximum atomic E-state index is 13.9. The number of hydrogen-bond donors (Lipinski definition) is 0.